The highest BCUT2D eigenvalue weighted by Gasteiger charge is 2.11. The van der Waals surface area contributed by atoms with Gasteiger partial charge in [0.25, 0.3) is 0 Å². The number of carbonyl (C=O) groups is 1. The lowest BCUT2D eigenvalue weighted by Gasteiger charge is -1.96. The first-order valence-corrected chi connectivity index (χ1v) is 4.15. The van der Waals surface area contributed by atoms with Crippen molar-refractivity contribution in [2.45, 2.75) is 13.8 Å². The van der Waals surface area contributed by atoms with Gasteiger partial charge in [-0.25, -0.2) is 0 Å². The molecule has 2 nitrogen and oxygen atoms in total. The molecule has 0 fully saturated rings. The van der Waals surface area contributed by atoms with Crippen LogP contribution in [0, 0.1) is 6.92 Å². The van der Waals surface area contributed by atoms with Crippen molar-refractivity contribution in [3.63, 3.8) is 0 Å². The predicted octanol–water partition coefficient (Wildman–Crippen LogP) is 2.30. The third kappa shape index (κ3) is 1.38. The molecule has 60 valence electrons. The van der Waals surface area contributed by atoms with Gasteiger partial charge in [-0.1, -0.05) is 0 Å². The molecule has 0 bridgehead atoms. The number of halogens is 1. The Bertz CT molecular complexity index is 301. The monoisotopic (exact) mass is 215 g/mol. The second kappa shape index (κ2) is 2.81. The minimum absolute atomic E-state index is 0.106. The molecular weight excluding hydrogens is 206 g/mol. The van der Waals surface area contributed by atoms with Gasteiger partial charge in [0.15, 0.2) is 5.78 Å². The van der Waals surface area contributed by atoms with E-state index in [4.69, 9.17) is 0 Å². The summed E-state index contributed by atoms with van der Waals surface area (Å²) in [7, 11) is 1.92. The summed E-state index contributed by atoms with van der Waals surface area (Å²) in [5.41, 5.74) is 1.79. The molecule has 0 atom stereocenters. The molecule has 1 rings (SSSR count). The van der Waals surface area contributed by atoms with Crippen molar-refractivity contribution >= 4 is 21.7 Å². The molecule has 3 heteroatoms. The summed E-state index contributed by atoms with van der Waals surface area (Å²) in [4.78, 5) is 11.1. The number of ketones is 1. The molecule has 0 saturated heterocycles. The van der Waals surface area contributed by atoms with Crippen LogP contribution in [0.25, 0.3) is 0 Å². The van der Waals surface area contributed by atoms with Crippen molar-refractivity contribution in [2.24, 2.45) is 7.05 Å². The van der Waals surface area contributed by atoms with Crippen LogP contribution in [-0.2, 0) is 7.05 Å². The van der Waals surface area contributed by atoms with Crippen molar-refractivity contribution < 1.29 is 4.79 Å². The van der Waals surface area contributed by atoms with E-state index in [1.54, 1.807) is 6.92 Å². The van der Waals surface area contributed by atoms with Crippen LogP contribution in [-0.4, -0.2) is 10.4 Å². The average molecular weight is 216 g/mol. The summed E-state index contributed by atoms with van der Waals surface area (Å²) in [6, 6.07) is 0. The molecule has 0 aliphatic heterocycles. The van der Waals surface area contributed by atoms with Gasteiger partial charge < -0.3 is 4.57 Å². The predicted molar refractivity (Wildman–Crippen MR) is 47.9 cm³/mol. The lowest BCUT2D eigenvalue weighted by atomic mass is 10.2. The highest BCUT2D eigenvalue weighted by atomic mass is 79.9. The van der Waals surface area contributed by atoms with Gasteiger partial charge in [-0.05, 0) is 29.8 Å². The number of aryl methyl sites for hydroxylation is 1. The molecule has 0 radical (unpaired) electrons. The Morgan fingerprint density at radius 2 is 2.18 bits per heavy atom. The fourth-order valence-corrected chi connectivity index (χ4v) is 1.98. The Balaban J connectivity index is 3.34. The van der Waals surface area contributed by atoms with E-state index in [2.05, 4.69) is 15.9 Å². The van der Waals surface area contributed by atoms with Gasteiger partial charge >= 0.3 is 0 Å². The molecule has 0 saturated carbocycles. The van der Waals surface area contributed by atoms with Gasteiger partial charge in [0.05, 0.1) is 5.56 Å². The van der Waals surface area contributed by atoms with Crippen molar-refractivity contribution in [1.82, 2.24) is 4.57 Å². The molecule has 0 unspecified atom stereocenters. The van der Waals surface area contributed by atoms with Gasteiger partial charge in [0, 0.05) is 23.4 Å². The molecule has 0 N–H and O–H groups in total. The van der Waals surface area contributed by atoms with E-state index in [9.17, 15) is 4.79 Å². The highest BCUT2D eigenvalue weighted by Crippen LogP contribution is 2.21. The smallest absolute Gasteiger partial charge is 0.162 e. The van der Waals surface area contributed by atoms with Crippen LogP contribution in [0.15, 0.2) is 10.7 Å². The summed E-state index contributed by atoms with van der Waals surface area (Å²) in [5, 5.41) is 0. The fourth-order valence-electron chi connectivity index (χ4n) is 1.10. The van der Waals surface area contributed by atoms with Gasteiger partial charge in [-0.15, -0.1) is 0 Å². The van der Waals surface area contributed by atoms with Gasteiger partial charge in [0.2, 0.25) is 0 Å². The SMILES string of the molecule is CC(=O)c1c(Br)cn(C)c1C. The average Bonchev–Trinajstić information content (AvgIpc) is 2.07. The van der Waals surface area contributed by atoms with Crippen LogP contribution in [0.2, 0.25) is 0 Å². The number of hydrogen-bond donors (Lipinski definition) is 0. The molecule has 0 aliphatic carbocycles. The summed E-state index contributed by atoms with van der Waals surface area (Å²) in [6.07, 6.45) is 1.89. The molecule has 0 amide bonds. The molecule has 1 heterocycles. The number of rotatable bonds is 1. The Hall–Kier alpha value is -0.570. The second-order valence-electron chi connectivity index (χ2n) is 2.60. The largest absolute Gasteiger partial charge is 0.353 e. The zero-order valence-electron chi connectivity index (χ0n) is 6.81. The number of nitrogens with zero attached hydrogens (tertiary/aromatic N) is 1. The van der Waals surface area contributed by atoms with E-state index in [1.807, 2.05) is 24.7 Å². The Labute approximate surface area is 74.3 Å². The quantitative estimate of drug-likeness (QED) is 0.660. The van der Waals surface area contributed by atoms with Gasteiger partial charge in [0.1, 0.15) is 0 Å². The summed E-state index contributed by atoms with van der Waals surface area (Å²) < 4.78 is 2.81. The van der Waals surface area contributed by atoms with Crippen molar-refractivity contribution in [3.8, 4) is 0 Å². The van der Waals surface area contributed by atoms with Crippen molar-refractivity contribution in [3.05, 3.63) is 21.9 Å². The van der Waals surface area contributed by atoms with Crippen LogP contribution in [0.4, 0.5) is 0 Å². The fraction of sp³-hybridized carbons (Fsp3) is 0.375. The number of hydrogen-bond acceptors (Lipinski definition) is 1. The van der Waals surface area contributed by atoms with E-state index in [-0.39, 0.29) is 5.78 Å². The van der Waals surface area contributed by atoms with Crippen LogP contribution < -0.4 is 0 Å². The zero-order chi connectivity index (χ0) is 8.59. The molecule has 0 aromatic carbocycles. The number of aromatic nitrogens is 1. The topological polar surface area (TPSA) is 22.0 Å². The standard InChI is InChI=1S/C8H10BrNO/c1-5-8(6(2)11)7(9)4-10(5)3/h4H,1-3H3. The summed E-state index contributed by atoms with van der Waals surface area (Å²) in [6.45, 7) is 3.51. The molecule has 0 aliphatic rings. The maximum atomic E-state index is 11.1. The first-order chi connectivity index (χ1) is 5.04. The molecule has 0 spiro atoms. The maximum absolute atomic E-state index is 11.1. The van der Waals surface area contributed by atoms with E-state index >= 15 is 0 Å². The van der Waals surface area contributed by atoms with Crippen LogP contribution >= 0.6 is 15.9 Å². The van der Waals surface area contributed by atoms with E-state index in [0.29, 0.717) is 0 Å². The first kappa shape index (κ1) is 8.53. The number of Topliss-reactive ketones (excluding diaryl/α,β-unsaturated/α-hetero) is 1. The van der Waals surface area contributed by atoms with E-state index in [1.165, 1.54) is 0 Å². The van der Waals surface area contributed by atoms with Gasteiger partial charge in [-0.2, -0.15) is 0 Å². The first-order valence-electron chi connectivity index (χ1n) is 3.36. The zero-order valence-corrected chi connectivity index (χ0v) is 8.40. The van der Waals surface area contributed by atoms with Crippen LogP contribution in [0.5, 0.6) is 0 Å². The molecule has 1 aromatic rings. The second-order valence-corrected chi connectivity index (χ2v) is 3.46. The third-order valence-electron chi connectivity index (χ3n) is 1.79. The Kier molecular flexibility index (Phi) is 2.18. The van der Waals surface area contributed by atoms with Gasteiger partial charge in [-0.3, -0.25) is 4.79 Å². The molecule has 1 aromatic heterocycles. The molecule has 11 heavy (non-hydrogen) atoms. The highest BCUT2D eigenvalue weighted by molar-refractivity contribution is 9.10. The summed E-state index contributed by atoms with van der Waals surface area (Å²) >= 11 is 3.33. The normalized spacial score (nSPS) is 10.2. The Morgan fingerprint density at radius 3 is 2.36 bits per heavy atom. The number of carbonyl (C=O) groups excluding carboxylic acids is 1. The third-order valence-corrected chi connectivity index (χ3v) is 2.39. The Morgan fingerprint density at radius 1 is 1.64 bits per heavy atom. The molecular formula is C8H10BrNO. The van der Waals surface area contributed by atoms with Crippen LogP contribution in [0.3, 0.4) is 0 Å². The minimum atomic E-state index is 0.106. The maximum Gasteiger partial charge on any atom is 0.162 e. The minimum Gasteiger partial charge on any atom is -0.353 e. The van der Waals surface area contributed by atoms with E-state index in [0.717, 1.165) is 15.7 Å². The van der Waals surface area contributed by atoms with Crippen molar-refractivity contribution in [1.29, 1.82) is 0 Å². The summed E-state index contributed by atoms with van der Waals surface area (Å²) in [5.74, 6) is 0.106. The van der Waals surface area contributed by atoms with Crippen molar-refractivity contribution in [2.75, 3.05) is 0 Å². The van der Waals surface area contributed by atoms with E-state index < -0.39 is 0 Å². The lowest BCUT2D eigenvalue weighted by molar-refractivity contribution is 0.101. The van der Waals surface area contributed by atoms with Crippen LogP contribution in [0.1, 0.15) is 23.0 Å². The lowest BCUT2D eigenvalue weighted by Crippen LogP contribution is -1.96.